The molecule has 0 radical (unpaired) electrons. The molecule has 0 aromatic heterocycles. The van der Waals surface area contributed by atoms with Gasteiger partial charge in [-0.25, -0.2) is 0 Å². The zero-order chi connectivity index (χ0) is 12.7. The number of benzene rings is 1. The molecule has 0 bridgehead atoms. The SMILES string of the molecule is CCOc1cc(C=[NH+]NC(N)=S)ccc1OC. The predicted molar refractivity (Wildman–Crippen MR) is 70.2 cm³/mol. The number of hydrazone groups is 1. The maximum atomic E-state index is 5.45. The van der Waals surface area contributed by atoms with Gasteiger partial charge in [-0.15, -0.1) is 10.5 Å². The number of methoxy groups -OCH3 is 1. The summed E-state index contributed by atoms with van der Waals surface area (Å²) in [5.41, 5.74) is 8.79. The average Bonchev–Trinajstić information content (AvgIpc) is 2.29. The maximum absolute atomic E-state index is 5.45. The highest BCUT2D eigenvalue weighted by Crippen LogP contribution is 2.27. The van der Waals surface area contributed by atoms with Gasteiger partial charge in [-0.1, -0.05) is 0 Å². The molecule has 0 spiro atoms. The number of hydrogen-bond acceptors (Lipinski definition) is 3. The molecule has 0 amide bonds. The number of nitrogens with one attached hydrogen (secondary N) is 2. The quantitative estimate of drug-likeness (QED) is 0.370. The first-order chi connectivity index (χ1) is 8.17. The summed E-state index contributed by atoms with van der Waals surface area (Å²) in [6.07, 6.45) is 1.72. The van der Waals surface area contributed by atoms with Gasteiger partial charge in [0.05, 0.1) is 13.7 Å². The van der Waals surface area contributed by atoms with E-state index in [-0.39, 0.29) is 5.11 Å². The van der Waals surface area contributed by atoms with E-state index in [9.17, 15) is 0 Å². The van der Waals surface area contributed by atoms with Crippen molar-refractivity contribution in [1.29, 1.82) is 0 Å². The minimum atomic E-state index is 0.180. The van der Waals surface area contributed by atoms with E-state index in [0.29, 0.717) is 18.1 Å². The Labute approximate surface area is 106 Å². The molecular weight excluding hydrogens is 238 g/mol. The Bertz CT molecular complexity index is 421. The van der Waals surface area contributed by atoms with Crippen molar-refractivity contribution in [3.63, 3.8) is 0 Å². The Morgan fingerprint density at radius 1 is 1.53 bits per heavy atom. The van der Waals surface area contributed by atoms with E-state index >= 15 is 0 Å². The monoisotopic (exact) mass is 254 g/mol. The molecule has 0 aliphatic heterocycles. The van der Waals surface area contributed by atoms with Crippen LogP contribution in [-0.4, -0.2) is 25.0 Å². The average molecular weight is 254 g/mol. The highest BCUT2D eigenvalue weighted by atomic mass is 32.1. The lowest BCUT2D eigenvalue weighted by Gasteiger charge is -2.08. The van der Waals surface area contributed by atoms with Gasteiger partial charge in [0.15, 0.2) is 17.7 Å². The van der Waals surface area contributed by atoms with Gasteiger partial charge in [0.1, 0.15) is 0 Å². The van der Waals surface area contributed by atoms with Crippen LogP contribution >= 0.6 is 12.2 Å². The Kier molecular flexibility index (Phi) is 5.22. The molecule has 0 saturated heterocycles. The first kappa shape index (κ1) is 13.2. The van der Waals surface area contributed by atoms with Crippen LogP contribution in [0.4, 0.5) is 0 Å². The van der Waals surface area contributed by atoms with Crippen molar-refractivity contribution in [2.75, 3.05) is 13.7 Å². The number of hydrogen-bond donors (Lipinski definition) is 3. The molecule has 0 aliphatic carbocycles. The summed E-state index contributed by atoms with van der Waals surface area (Å²) in [5, 5.41) is 2.95. The van der Waals surface area contributed by atoms with Crippen LogP contribution in [0.3, 0.4) is 0 Å². The molecule has 0 saturated carbocycles. The highest BCUT2D eigenvalue weighted by molar-refractivity contribution is 7.80. The van der Waals surface area contributed by atoms with Crippen LogP contribution in [0.5, 0.6) is 11.5 Å². The van der Waals surface area contributed by atoms with E-state index < -0.39 is 0 Å². The molecule has 0 unspecified atom stereocenters. The summed E-state index contributed by atoms with van der Waals surface area (Å²) in [4.78, 5) is 0. The Morgan fingerprint density at radius 2 is 2.29 bits per heavy atom. The molecule has 0 atom stereocenters. The summed E-state index contributed by atoms with van der Waals surface area (Å²) >= 11 is 4.66. The van der Waals surface area contributed by atoms with E-state index in [4.69, 9.17) is 15.2 Å². The van der Waals surface area contributed by atoms with Crippen molar-refractivity contribution < 1.29 is 14.6 Å². The van der Waals surface area contributed by atoms with Gasteiger partial charge in [-0.3, -0.25) is 0 Å². The number of rotatable bonds is 5. The smallest absolute Gasteiger partial charge is 0.221 e. The van der Waals surface area contributed by atoms with Gasteiger partial charge in [-0.2, -0.15) is 0 Å². The molecule has 6 heteroatoms. The Balaban J connectivity index is 2.84. The van der Waals surface area contributed by atoms with Gasteiger partial charge in [0.25, 0.3) is 0 Å². The van der Waals surface area contributed by atoms with Gasteiger partial charge in [0, 0.05) is 5.56 Å². The largest absolute Gasteiger partial charge is 0.493 e. The van der Waals surface area contributed by atoms with Crippen molar-refractivity contribution in [1.82, 2.24) is 5.43 Å². The van der Waals surface area contributed by atoms with Gasteiger partial charge >= 0.3 is 0 Å². The summed E-state index contributed by atoms with van der Waals surface area (Å²) in [7, 11) is 1.61. The summed E-state index contributed by atoms with van der Waals surface area (Å²) in [6, 6.07) is 5.57. The fraction of sp³-hybridized carbons (Fsp3) is 0.273. The summed E-state index contributed by atoms with van der Waals surface area (Å²) in [6.45, 7) is 2.50. The second-order valence-electron chi connectivity index (χ2n) is 3.12. The third-order valence-electron chi connectivity index (χ3n) is 1.92. The van der Waals surface area contributed by atoms with Gasteiger partial charge in [0.2, 0.25) is 5.11 Å². The highest BCUT2D eigenvalue weighted by Gasteiger charge is 2.05. The van der Waals surface area contributed by atoms with Crippen LogP contribution in [0.25, 0.3) is 0 Å². The van der Waals surface area contributed by atoms with Gasteiger partial charge < -0.3 is 15.2 Å². The molecule has 4 N–H and O–H groups in total. The van der Waals surface area contributed by atoms with E-state index in [1.807, 2.05) is 25.1 Å². The maximum Gasteiger partial charge on any atom is 0.221 e. The van der Waals surface area contributed by atoms with Gasteiger partial charge in [-0.05, 0) is 37.3 Å². The normalized spacial score (nSPS) is 10.2. The molecule has 17 heavy (non-hydrogen) atoms. The fourth-order valence-corrected chi connectivity index (χ4v) is 1.30. The topological polar surface area (TPSA) is 70.5 Å². The molecule has 0 aliphatic rings. The summed E-state index contributed by atoms with van der Waals surface area (Å²) < 4.78 is 10.6. The fourth-order valence-electron chi connectivity index (χ4n) is 1.24. The zero-order valence-corrected chi connectivity index (χ0v) is 10.6. The molecule has 0 fully saturated rings. The van der Waals surface area contributed by atoms with Crippen LogP contribution in [-0.2, 0) is 0 Å². The van der Waals surface area contributed by atoms with E-state index in [1.54, 1.807) is 13.3 Å². The van der Waals surface area contributed by atoms with Crippen LogP contribution < -0.4 is 25.7 Å². The lowest BCUT2D eigenvalue weighted by molar-refractivity contribution is -0.499. The molecule has 1 aromatic carbocycles. The second kappa shape index (κ2) is 6.70. The molecule has 5 nitrogen and oxygen atoms in total. The lowest BCUT2D eigenvalue weighted by Crippen LogP contribution is -2.82. The van der Waals surface area contributed by atoms with Crippen LogP contribution in [0, 0.1) is 0 Å². The minimum absolute atomic E-state index is 0.180. The minimum Gasteiger partial charge on any atom is -0.493 e. The first-order valence-electron chi connectivity index (χ1n) is 5.12. The van der Waals surface area contributed by atoms with Crippen molar-refractivity contribution in [2.45, 2.75) is 6.92 Å². The van der Waals surface area contributed by atoms with Crippen LogP contribution in [0.1, 0.15) is 12.5 Å². The Morgan fingerprint density at radius 3 is 2.88 bits per heavy atom. The van der Waals surface area contributed by atoms with E-state index in [1.165, 1.54) is 0 Å². The molecule has 1 rings (SSSR count). The second-order valence-corrected chi connectivity index (χ2v) is 3.56. The molecule has 1 aromatic rings. The Hall–Kier alpha value is -1.82. The third kappa shape index (κ3) is 4.28. The third-order valence-corrected chi connectivity index (χ3v) is 2.02. The van der Waals surface area contributed by atoms with Crippen molar-refractivity contribution in [3.8, 4) is 11.5 Å². The molecule has 0 heterocycles. The van der Waals surface area contributed by atoms with Crippen LogP contribution in [0.2, 0.25) is 0 Å². The van der Waals surface area contributed by atoms with Crippen molar-refractivity contribution in [3.05, 3.63) is 23.8 Å². The van der Waals surface area contributed by atoms with E-state index in [0.717, 1.165) is 5.56 Å². The lowest BCUT2D eigenvalue weighted by atomic mass is 10.2. The predicted octanol–water partition coefficient (Wildman–Crippen LogP) is -0.658. The number of nitrogens with two attached hydrogens (primary N) is 1. The standard InChI is InChI=1S/C11H15N3O2S/c1-3-16-10-6-8(4-5-9(10)15-2)7-13-14-11(12)17/h4-7H,3H2,1-2H3,(H3,12,14,17)/p+1. The van der Waals surface area contributed by atoms with Crippen molar-refractivity contribution in [2.24, 2.45) is 5.73 Å². The number of hydrazine groups is 1. The van der Waals surface area contributed by atoms with Crippen molar-refractivity contribution >= 4 is 23.5 Å². The molecular formula is C11H16N3O2S+. The summed E-state index contributed by atoms with van der Waals surface area (Å²) in [5.74, 6) is 1.40. The van der Waals surface area contributed by atoms with Crippen LogP contribution in [0.15, 0.2) is 18.2 Å². The zero-order valence-electron chi connectivity index (χ0n) is 9.82. The first-order valence-corrected chi connectivity index (χ1v) is 5.53. The molecule has 92 valence electrons. The van der Waals surface area contributed by atoms with E-state index in [2.05, 4.69) is 22.7 Å². The number of thiocarbonyl (C=S) groups is 1. The number of ether oxygens (including phenoxy) is 2.